The number of aromatic nitrogens is 2. The molecule has 2 aliphatic rings. The summed E-state index contributed by atoms with van der Waals surface area (Å²) in [6, 6.07) is 3.97. The first-order valence-electron chi connectivity index (χ1n) is 8.38. The van der Waals surface area contributed by atoms with Gasteiger partial charge in [0.2, 0.25) is 10.0 Å². The van der Waals surface area contributed by atoms with Crippen molar-refractivity contribution < 1.29 is 8.42 Å². The summed E-state index contributed by atoms with van der Waals surface area (Å²) in [5, 5.41) is 8.50. The molecule has 1 aromatic heterocycles. The minimum atomic E-state index is -3.06. The van der Waals surface area contributed by atoms with Crippen molar-refractivity contribution in [2.75, 3.05) is 49.1 Å². The molecule has 1 aliphatic carbocycles. The number of hydrogen-bond donors (Lipinski definition) is 0. The Hall–Kier alpha value is -1.41. The van der Waals surface area contributed by atoms with Gasteiger partial charge in [0.05, 0.1) is 5.25 Å². The lowest BCUT2D eigenvalue weighted by molar-refractivity contribution is 0.382. The average Bonchev–Trinajstić information content (AvgIpc) is 3.42. The minimum absolute atomic E-state index is 0.123. The summed E-state index contributed by atoms with van der Waals surface area (Å²) in [4.78, 5) is 4.26. The largest absolute Gasteiger partial charge is 0.356 e. The smallest absolute Gasteiger partial charge is 0.217 e. The highest BCUT2D eigenvalue weighted by Crippen LogP contribution is 2.31. The quantitative estimate of drug-likeness (QED) is 0.768. The molecule has 2 fully saturated rings. The van der Waals surface area contributed by atoms with E-state index in [2.05, 4.69) is 33.8 Å². The molecule has 0 amide bonds. The highest BCUT2D eigenvalue weighted by molar-refractivity contribution is 7.90. The Labute approximate surface area is 138 Å². The fraction of sp³-hybridized carbons (Fsp3) is 0.733. The fourth-order valence-corrected chi connectivity index (χ4v) is 4.78. The maximum absolute atomic E-state index is 12.3. The Morgan fingerprint density at radius 2 is 1.74 bits per heavy atom. The van der Waals surface area contributed by atoms with E-state index in [-0.39, 0.29) is 5.25 Å². The van der Waals surface area contributed by atoms with Crippen LogP contribution in [0.15, 0.2) is 12.1 Å². The Balaban J connectivity index is 1.61. The molecule has 1 saturated heterocycles. The van der Waals surface area contributed by atoms with Crippen LogP contribution in [0.3, 0.4) is 0 Å². The lowest BCUT2D eigenvalue weighted by Crippen LogP contribution is -2.49. The van der Waals surface area contributed by atoms with Crippen molar-refractivity contribution in [3.63, 3.8) is 0 Å². The van der Waals surface area contributed by atoms with Crippen LogP contribution in [-0.2, 0) is 10.0 Å². The second-order valence-corrected chi connectivity index (χ2v) is 8.27. The zero-order chi connectivity index (χ0) is 16.4. The molecule has 2 heterocycles. The number of sulfonamides is 1. The van der Waals surface area contributed by atoms with E-state index in [0.717, 1.165) is 37.6 Å². The van der Waals surface area contributed by atoms with Crippen LogP contribution in [0, 0.1) is 0 Å². The van der Waals surface area contributed by atoms with Gasteiger partial charge in [0, 0.05) is 39.3 Å². The lowest BCUT2D eigenvalue weighted by atomic mass is 10.3. The monoisotopic (exact) mass is 339 g/mol. The second-order valence-electron chi connectivity index (χ2n) is 6.05. The van der Waals surface area contributed by atoms with Gasteiger partial charge in [-0.15, -0.1) is 10.2 Å². The highest BCUT2D eigenvalue weighted by atomic mass is 32.2. The standard InChI is InChI=1S/C15H25N5O2S/c1-3-18(4-2)14-7-8-15(17-16-14)19-9-11-20(12-10-19)23(21,22)13-5-6-13/h7-8,13H,3-6,9-12H2,1-2H3. The SMILES string of the molecule is CCN(CC)c1ccc(N2CCN(S(=O)(=O)C3CC3)CC2)nn1. The van der Waals surface area contributed by atoms with Gasteiger partial charge in [-0.1, -0.05) is 0 Å². The summed E-state index contributed by atoms with van der Waals surface area (Å²) in [5.74, 6) is 1.71. The molecule has 3 rings (SSSR count). The van der Waals surface area contributed by atoms with Crippen LogP contribution in [-0.4, -0.2) is 67.4 Å². The van der Waals surface area contributed by atoms with Gasteiger partial charge < -0.3 is 9.80 Å². The van der Waals surface area contributed by atoms with Crippen molar-refractivity contribution >= 4 is 21.7 Å². The molecule has 0 unspecified atom stereocenters. The van der Waals surface area contributed by atoms with Crippen LogP contribution in [0.5, 0.6) is 0 Å². The molecule has 0 atom stereocenters. The summed E-state index contributed by atoms with van der Waals surface area (Å²) >= 11 is 0. The van der Waals surface area contributed by atoms with Crippen LogP contribution in [0.4, 0.5) is 11.6 Å². The molecule has 0 radical (unpaired) electrons. The summed E-state index contributed by atoms with van der Waals surface area (Å²) in [5.41, 5.74) is 0. The van der Waals surface area contributed by atoms with E-state index in [4.69, 9.17) is 0 Å². The van der Waals surface area contributed by atoms with Gasteiger partial charge in [-0.25, -0.2) is 8.42 Å². The van der Waals surface area contributed by atoms with Crippen LogP contribution in [0.2, 0.25) is 0 Å². The van der Waals surface area contributed by atoms with Gasteiger partial charge in [0.1, 0.15) is 0 Å². The van der Waals surface area contributed by atoms with Crippen molar-refractivity contribution in [2.24, 2.45) is 0 Å². The molecule has 1 saturated carbocycles. The average molecular weight is 339 g/mol. The molecule has 7 nitrogen and oxygen atoms in total. The molecule has 1 aliphatic heterocycles. The van der Waals surface area contributed by atoms with Gasteiger partial charge in [-0.05, 0) is 38.8 Å². The van der Waals surface area contributed by atoms with Gasteiger partial charge in [0.15, 0.2) is 11.6 Å². The Morgan fingerprint density at radius 3 is 2.22 bits per heavy atom. The normalized spacial score (nSPS) is 19.8. The molecule has 0 bridgehead atoms. The predicted molar refractivity (Wildman–Crippen MR) is 91.3 cm³/mol. The molecular weight excluding hydrogens is 314 g/mol. The van der Waals surface area contributed by atoms with Gasteiger partial charge in [-0.2, -0.15) is 4.31 Å². The third-order valence-electron chi connectivity index (χ3n) is 4.59. The van der Waals surface area contributed by atoms with E-state index < -0.39 is 10.0 Å². The molecular formula is C15H25N5O2S. The predicted octanol–water partition coefficient (Wildman–Crippen LogP) is 0.937. The fourth-order valence-electron chi connectivity index (χ4n) is 2.95. The summed E-state index contributed by atoms with van der Waals surface area (Å²) in [6.45, 7) is 8.43. The zero-order valence-electron chi connectivity index (χ0n) is 13.8. The molecule has 0 aromatic carbocycles. The van der Waals surface area contributed by atoms with Gasteiger partial charge in [0.25, 0.3) is 0 Å². The van der Waals surface area contributed by atoms with Crippen molar-refractivity contribution in [1.82, 2.24) is 14.5 Å². The van der Waals surface area contributed by atoms with Crippen LogP contribution in [0.25, 0.3) is 0 Å². The lowest BCUT2D eigenvalue weighted by Gasteiger charge is -2.34. The van der Waals surface area contributed by atoms with Gasteiger partial charge in [-0.3, -0.25) is 0 Å². The van der Waals surface area contributed by atoms with E-state index in [1.165, 1.54) is 0 Å². The molecule has 1 aromatic rings. The molecule has 128 valence electrons. The number of rotatable bonds is 6. The van der Waals surface area contributed by atoms with Crippen LogP contribution in [0.1, 0.15) is 26.7 Å². The topological polar surface area (TPSA) is 69.6 Å². The maximum Gasteiger partial charge on any atom is 0.217 e. The Kier molecular flexibility index (Phi) is 4.72. The first-order valence-corrected chi connectivity index (χ1v) is 9.89. The van der Waals surface area contributed by atoms with Crippen molar-refractivity contribution in [3.05, 3.63) is 12.1 Å². The first kappa shape index (κ1) is 16.4. The molecule has 8 heteroatoms. The number of hydrogen-bond acceptors (Lipinski definition) is 6. The summed E-state index contributed by atoms with van der Waals surface area (Å²) < 4.78 is 26.1. The van der Waals surface area contributed by atoms with E-state index in [0.29, 0.717) is 26.2 Å². The minimum Gasteiger partial charge on any atom is -0.356 e. The summed E-state index contributed by atoms with van der Waals surface area (Å²) in [7, 11) is -3.06. The highest BCUT2D eigenvalue weighted by Gasteiger charge is 2.41. The van der Waals surface area contributed by atoms with Crippen molar-refractivity contribution in [3.8, 4) is 0 Å². The third-order valence-corrected chi connectivity index (χ3v) is 6.99. The molecule has 0 spiro atoms. The van der Waals surface area contributed by atoms with Crippen LogP contribution >= 0.6 is 0 Å². The Bertz CT molecular complexity index is 618. The van der Waals surface area contributed by atoms with Crippen LogP contribution < -0.4 is 9.80 Å². The Morgan fingerprint density at radius 1 is 1.09 bits per heavy atom. The van der Waals surface area contributed by atoms with Gasteiger partial charge >= 0.3 is 0 Å². The number of piperazine rings is 1. The van der Waals surface area contributed by atoms with E-state index in [1.807, 2.05) is 12.1 Å². The van der Waals surface area contributed by atoms with Crippen molar-refractivity contribution in [1.29, 1.82) is 0 Å². The molecule has 0 N–H and O–H groups in total. The zero-order valence-corrected chi connectivity index (χ0v) is 14.7. The second kappa shape index (κ2) is 6.60. The number of anilines is 2. The maximum atomic E-state index is 12.3. The number of nitrogens with zero attached hydrogens (tertiary/aromatic N) is 5. The van der Waals surface area contributed by atoms with E-state index in [9.17, 15) is 8.42 Å². The van der Waals surface area contributed by atoms with E-state index in [1.54, 1.807) is 4.31 Å². The third kappa shape index (κ3) is 3.42. The van der Waals surface area contributed by atoms with Crippen molar-refractivity contribution in [2.45, 2.75) is 31.9 Å². The molecule has 23 heavy (non-hydrogen) atoms. The van der Waals surface area contributed by atoms with E-state index >= 15 is 0 Å². The first-order chi connectivity index (χ1) is 11.1. The summed E-state index contributed by atoms with van der Waals surface area (Å²) in [6.07, 6.45) is 1.64.